The molecule has 0 atom stereocenters. The molecule has 2 amide bonds. The van der Waals surface area contributed by atoms with Crippen molar-refractivity contribution in [2.45, 2.75) is 13.0 Å². The van der Waals surface area contributed by atoms with Gasteiger partial charge < -0.3 is 15.6 Å². The predicted molar refractivity (Wildman–Crippen MR) is 154 cm³/mol. The van der Waals surface area contributed by atoms with Gasteiger partial charge in [0.1, 0.15) is 0 Å². The molecule has 5 heteroatoms. The highest BCUT2D eigenvalue weighted by molar-refractivity contribution is 5.94. The van der Waals surface area contributed by atoms with Crippen LogP contribution in [0.15, 0.2) is 115 Å². The summed E-state index contributed by atoms with van der Waals surface area (Å²) in [5.74, 6) is -0.280. The van der Waals surface area contributed by atoms with E-state index in [2.05, 4.69) is 33.8 Å². The van der Waals surface area contributed by atoms with Gasteiger partial charge in [-0.3, -0.25) is 9.59 Å². The maximum absolute atomic E-state index is 12.5. The molecule has 0 aliphatic carbocycles. The molecule has 4 aromatic carbocycles. The van der Waals surface area contributed by atoms with Crippen molar-refractivity contribution < 1.29 is 9.59 Å². The Bertz CT molecular complexity index is 1550. The van der Waals surface area contributed by atoms with Crippen molar-refractivity contribution in [1.82, 2.24) is 15.6 Å². The molecule has 0 radical (unpaired) electrons. The molecule has 0 unspecified atom stereocenters. The monoisotopic (exact) mass is 499 g/mol. The number of fused-ring (bicyclic) bond motifs is 1. The molecule has 5 nitrogen and oxygen atoms in total. The van der Waals surface area contributed by atoms with E-state index in [-0.39, 0.29) is 11.8 Å². The van der Waals surface area contributed by atoms with Gasteiger partial charge in [-0.25, -0.2) is 0 Å². The molecule has 38 heavy (non-hydrogen) atoms. The minimum atomic E-state index is -0.170. The number of H-pyrrole nitrogens is 1. The highest BCUT2D eigenvalue weighted by Gasteiger charge is 2.07. The van der Waals surface area contributed by atoms with E-state index in [9.17, 15) is 9.59 Å². The fourth-order valence-electron chi connectivity index (χ4n) is 4.36. The third kappa shape index (κ3) is 6.26. The molecule has 0 aliphatic rings. The van der Waals surface area contributed by atoms with Crippen molar-refractivity contribution >= 4 is 28.8 Å². The normalized spacial score (nSPS) is 11.1. The average molecular weight is 500 g/mol. The van der Waals surface area contributed by atoms with E-state index in [0.29, 0.717) is 18.7 Å². The van der Waals surface area contributed by atoms with Gasteiger partial charge in [0.25, 0.3) is 5.91 Å². The first-order valence-corrected chi connectivity index (χ1v) is 12.7. The van der Waals surface area contributed by atoms with E-state index in [0.717, 1.165) is 34.2 Å². The fourth-order valence-corrected chi connectivity index (χ4v) is 4.36. The summed E-state index contributed by atoms with van der Waals surface area (Å²) in [4.78, 5) is 28.1. The fraction of sp³-hybridized carbons (Fsp3) is 0.0909. The molecule has 188 valence electrons. The van der Waals surface area contributed by atoms with Crippen LogP contribution in [-0.2, 0) is 17.8 Å². The summed E-state index contributed by atoms with van der Waals surface area (Å²) < 4.78 is 0. The van der Waals surface area contributed by atoms with Crippen LogP contribution in [0.2, 0.25) is 0 Å². The van der Waals surface area contributed by atoms with E-state index in [1.54, 1.807) is 18.2 Å². The first-order chi connectivity index (χ1) is 18.7. The number of para-hydroxylation sites is 1. The van der Waals surface area contributed by atoms with Crippen molar-refractivity contribution in [3.05, 3.63) is 138 Å². The maximum Gasteiger partial charge on any atom is 0.251 e. The molecule has 1 heterocycles. The van der Waals surface area contributed by atoms with E-state index in [1.807, 2.05) is 79.0 Å². The molecule has 0 spiro atoms. The van der Waals surface area contributed by atoms with Crippen LogP contribution in [0.25, 0.3) is 28.1 Å². The predicted octanol–water partition coefficient (Wildman–Crippen LogP) is 6.14. The smallest absolute Gasteiger partial charge is 0.251 e. The van der Waals surface area contributed by atoms with Gasteiger partial charge in [-0.15, -0.1) is 0 Å². The minimum absolute atomic E-state index is 0.110. The van der Waals surface area contributed by atoms with Crippen LogP contribution in [-0.4, -0.2) is 23.3 Å². The zero-order valence-corrected chi connectivity index (χ0v) is 21.0. The average Bonchev–Trinajstić information content (AvgIpc) is 3.39. The second-order valence-corrected chi connectivity index (χ2v) is 9.10. The van der Waals surface area contributed by atoms with Gasteiger partial charge in [0.05, 0.1) is 0 Å². The number of aromatic nitrogens is 1. The van der Waals surface area contributed by atoms with Crippen LogP contribution in [0.3, 0.4) is 0 Å². The molecule has 0 bridgehead atoms. The molecule has 0 aliphatic heterocycles. The Morgan fingerprint density at radius 1 is 0.737 bits per heavy atom. The lowest BCUT2D eigenvalue weighted by Crippen LogP contribution is -2.25. The van der Waals surface area contributed by atoms with Crippen molar-refractivity contribution in [2.75, 3.05) is 6.54 Å². The summed E-state index contributed by atoms with van der Waals surface area (Å²) in [5.41, 5.74) is 7.06. The lowest BCUT2D eigenvalue weighted by atomic mass is 10.0. The summed E-state index contributed by atoms with van der Waals surface area (Å²) in [7, 11) is 0. The molecule has 0 fully saturated rings. The van der Waals surface area contributed by atoms with Gasteiger partial charge in [-0.05, 0) is 58.5 Å². The molecule has 3 N–H and O–H groups in total. The molecular weight excluding hydrogens is 470 g/mol. The number of amides is 2. The zero-order chi connectivity index (χ0) is 26.2. The Hall–Kier alpha value is -4.90. The van der Waals surface area contributed by atoms with Crippen LogP contribution in [0.5, 0.6) is 0 Å². The van der Waals surface area contributed by atoms with Gasteiger partial charge in [0.15, 0.2) is 0 Å². The van der Waals surface area contributed by atoms with Crippen molar-refractivity contribution in [3.63, 3.8) is 0 Å². The van der Waals surface area contributed by atoms with E-state index < -0.39 is 0 Å². The van der Waals surface area contributed by atoms with Gasteiger partial charge in [0, 0.05) is 41.8 Å². The first kappa shape index (κ1) is 24.8. The Balaban J connectivity index is 1.07. The van der Waals surface area contributed by atoms with E-state index >= 15 is 0 Å². The zero-order valence-electron chi connectivity index (χ0n) is 21.0. The number of carbonyl (C=O) groups is 2. The lowest BCUT2D eigenvalue weighted by molar-refractivity contribution is -0.116. The summed E-state index contributed by atoms with van der Waals surface area (Å²) in [6, 6.07) is 33.7. The highest BCUT2D eigenvalue weighted by Crippen LogP contribution is 2.20. The SMILES string of the molecule is O=C(/C=C/c1ccc(-c2ccccc2)cc1)NCc1ccc(C(=O)NCCc2c[nH]c3ccccc23)cc1. The molecule has 1 aromatic heterocycles. The van der Waals surface area contributed by atoms with Gasteiger partial charge in [-0.2, -0.15) is 0 Å². The number of carbonyl (C=O) groups excluding carboxylic acids is 2. The third-order valence-corrected chi connectivity index (χ3v) is 6.48. The summed E-state index contributed by atoms with van der Waals surface area (Å²) in [6.45, 7) is 0.943. The molecule has 5 aromatic rings. The molecule has 5 rings (SSSR count). The molecule has 0 saturated heterocycles. The topological polar surface area (TPSA) is 74.0 Å². The van der Waals surface area contributed by atoms with Crippen molar-refractivity contribution in [3.8, 4) is 11.1 Å². The van der Waals surface area contributed by atoms with Crippen molar-refractivity contribution in [2.24, 2.45) is 0 Å². The number of benzene rings is 4. The van der Waals surface area contributed by atoms with Crippen LogP contribution < -0.4 is 10.6 Å². The highest BCUT2D eigenvalue weighted by atomic mass is 16.2. The number of hydrogen-bond acceptors (Lipinski definition) is 2. The van der Waals surface area contributed by atoms with Crippen molar-refractivity contribution in [1.29, 1.82) is 0 Å². The Kier molecular flexibility index (Phi) is 7.75. The number of nitrogens with one attached hydrogen (secondary N) is 3. The standard InChI is InChI=1S/C33H29N3O2/c37-32(19-14-24-10-15-27(16-11-24)26-6-2-1-3-7-26)36-22-25-12-17-28(18-13-25)33(38)34-21-20-29-23-35-31-9-5-4-8-30(29)31/h1-19,23,35H,20-22H2,(H,34,38)(H,36,37)/b19-14+. The lowest BCUT2D eigenvalue weighted by Gasteiger charge is -2.07. The van der Waals surface area contributed by atoms with Gasteiger partial charge in [-0.1, -0.05) is 84.9 Å². The Morgan fingerprint density at radius 2 is 1.45 bits per heavy atom. The summed E-state index contributed by atoms with van der Waals surface area (Å²) in [6.07, 6.45) is 6.09. The van der Waals surface area contributed by atoms with Gasteiger partial charge >= 0.3 is 0 Å². The van der Waals surface area contributed by atoms with Crippen LogP contribution in [0, 0.1) is 0 Å². The molecular formula is C33H29N3O2. The summed E-state index contributed by atoms with van der Waals surface area (Å²) >= 11 is 0. The van der Waals surface area contributed by atoms with Crippen LogP contribution in [0.4, 0.5) is 0 Å². The quantitative estimate of drug-likeness (QED) is 0.213. The Morgan fingerprint density at radius 3 is 2.24 bits per heavy atom. The van der Waals surface area contributed by atoms with Crippen LogP contribution in [0.1, 0.15) is 27.0 Å². The van der Waals surface area contributed by atoms with E-state index in [4.69, 9.17) is 0 Å². The minimum Gasteiger partial charge on any atom is -0.361 e. The third-order valence-electron chi connectivity index (χ3n) is 6.48. The molecule has 0 saturated carbocycles. The second-order valence-electron chi connectivity index (χ2n) is 9.10. The number of hydrogen-bond donors (Lipinski definition) is 3. The van der Waals surface area contributed by atoms with Gasteiger partial charge in [0.2, 0.25) is 5.91 Å². The number of rotatable bonds is 9. The number of aromatic amines is 1. The van der Waals surface area contributed by atoms with Crippen LogP contribution >= 0.6 is 0 Å². The summed E-state index contributed by atoms with van der Waals surface area (Å²) in [5, 5.41) is 7.06. The second kappa shape index (κ2) is 11.9. The Labute approximate surface area is 222 Å². The largest absolute Gasteiger partial charge is 0.361 e. The van der Waals surface area contributed by atoms with E-state index in [1.165, 1.54) is 17.0 Å². The first-order valence-electron chi connectivity index (χ1n) is 12.7. The maximum atomic E-state index is 12.5.